The zero-order valence-corrected chi connectivity index (χ0v) is 11.9. The minimum Gasteiger partial charge on any atom is -0.306 e. The van der Waals surface area contributed by atoms with Crippen LogP contribution in [0.4, 0.5) is 0 Å². The van der Waals surface area contributed by atoms with Crippen LogP contribution in [0.3, 0.4) is 0 Å². The predicted molar refractivity (Wildman–Crippen MR) is 76.8 cm³/mol. The van der Waals surface area contributed by atoms with Crippen molar-refractivity contribution >= 4 is 0 Å². The smallest absolute Gasteiger partial charge is 0.141 e. The molecule has 0 aliphatic heterocycles. The lowest BCUT2D eigenvalue weighted by atomic mass is 10.1. The summed E-state index contributed by atoms with van der Waals surface area (Å²) in [6.45, 7) is 8.00. The number of hydrogen-bond donors (Lipinski definition) is 1. The molecule has 1 aromatic heterocycles. The molecule has 1 N–H and O–H groups in total. The molecular formula is C15H22N4. The fourth-order valence-electron chi connectivity index (χ4n) is 2.04. The van der Waals surface area contributed by atoms with Gasteiger partial charge in [0.2, 0.25) is 0 Å². The van der Waals surface area contributed by atoms with Crippen LogP contribution in [0.5, 0.6) is 0 Å². The minimum atomic E-state index is 0.350. The van der Waals surface area contributed by atoms with Crippen LogP contribution in [-0.2, 0) is 19.5 Å². The molecule has 4 nitrogen and oxygen atoms in total. The fourth-order valence-corrected chi connectivity index (χ4v) is 2.04. The average molecular weight is 258 g/mol. The van der Waals surface area contributed by atoms with E-state index in [9.17, 15) is 0 Å². The Labute approximate surface area is 114 Å². The number of hydrogen-bond acceptors (Lipinski definition) is 3. The van der Waals surface area contributed by atoms with Crippen molar-refractivity contribution in [3.8, 4) is 0 Å². The van der Waals surface area contributed by atoms with Crippen LogP contribution in [0.25, 0.3) is 0 Å². The van der Waals surface area contributed by atoms with Crippen molar-refractivity contribution in [3.63, 3.8) is 0 Å². The van der Waals surface area contributed by atoms with Crippen LogP contribution in [0.1, 0.15) is 43.8 Å². The molecule has 1 heterocycles. The summed E-state index contributed by atoms with van der Waals surface area (Å²) in [7, 11) is 0. The van der Waals surface area contributed by atoms with Crippen molar-refractivity contribution in [1.29, 1.82) is 0 Å². The van der Waals surface area contributed by atoms with Crippen LogP contribution >= 0.6 is 0 Å². The Balaban J connectivity index is 1.87. The molecule has 0 fully saturated rings. The molecule has 0 saturated carbocycles. The summed E-state index contributed by atoms with van der Waals surface area (Å²) < 4.78 is 1.95. The molecule has 4 heteroatoms. The number of benzene rings is 1. The minimum absolute atomic E-state index is 0.350. The van der Waals surface area contributed by atoms with E-state index >= 15 is 0 Å². The van der Waals surface area contributed by atoms with Crippen LogP contribution in [0.15, 0.2) is 30.6 Å². The van der Waals surface area contributed by atoms with E-state index < -0.39 is 0 Å². The molecule has 0 aliphatic rings. The Kier molecular flexibility index (Phi) is 4.68. The zero-order valence-electron chi connectivity index (χ0n) is 11.9. The van der Waals surface area contributed by atoms with Gasteiger partial charge in [-0.25, -0.2) is 9.67 Å². The van der Waals surface area contributed by atoms with Crippen LogP contribution in [0, 0.1) is 0 Å². The first-order valence-electron chi connectivity index (χ1n) is 6.87. The predicted octanol–water partition coefficient (Wildman–Crippen LogP) is 2.71. The molecule has 1 aromatic carbocycles. The van der Waals surface area contributed by atoms with Gasteiger partial charge in [0.15, 0.2) is 0 Å². The van der Waals surface area contributed by atoms with Crippen molar-refractivity contribution in [3.05, 3.63) is 47.5 Å². The number of aryl methyl sites for hydroxylation is 1. The van der Waals surface area contributed by atoms with Crippen molar-refractivity contribution in [1.82, 2.24) is 20.1 Å². The molecular weight excluding hydrogens is 236 g/mol. The third kappa shape index (κ3) is 3.64. The van der Waals surface area contributed by atoms with Gasteiger partial charge in [-0.15, -0.1) is 0 Å². The highest BCUT2D eigenvalue weighted by molar-refractivity contribution is 5.22. The molecule has 0 bridgehead atoms. The van der Waals surface area contributed by atoms with E-state index in [1.807, 2.05) is 4.68 Å². The summed E-state index contributed by atoms with van der Waals surface area (Å²) in [6.07, 6.45) is 2.71. The molecule has 0 saturated heterocycles. The van der Waals surface area contributed by atoms with E-state index in [4.69, 9.17) is 0 Å². The van der Waals surface area contributed by atoms with Crippen molar-refractivity contribution in [2.45, 2.75) is 46.3 Å². The van der Waals surface area contributed by atoms with E-state index in [0.29, 0.717) is 6.04 Å². The highest BCUT2D eigenvalue weighted by Gasteiger charge is 2.06. The van der Waals surface area contributed by atoms with Gasteiger partial charge in [0.05, 0.1) is 6.54 Å². The summed E-state index contributed by atoms with van der Waals surface area (Å²) in [4.78, 5) is 4.29. The molecule has 0 amide bonds. The van der Waals surface area contributed by atoms with E-state index in [1.54, 1.807) is 6.33 Å². The Hall–Kier alpha value is -1.68. The van der Waals surface area contributed by atoms with Crippen LogP contribution in [0.2, 0.25) is 0 Å². The molecule has 0 spiro atoms. The second-order valence-corrected chi connectivity index (χ2v) is 4.99. The quantitative estimate of drug-likeness (QED) is 0.866. The normalized spacial score (nSPS) is 11.2. The monoisotopic (exact) mass is 258 g/mol. The first kappa shape index (κ1) is 13.7. The van der Waals surface area contributed by atoms with Gasteiger partial charge in [-0.3, -0.25) is 0 Å². The lowest BCUT2D eigenvalue weighted by molar-refractivity contribution is 0.490. The number of nitrogens with zero attached hydrogens (tertiary/aromatic N) is 3. The Morgan fingerprint density at radius 1 is 1.11 bits per heavy atom. The lowest BCUT2D eigenvalue weighted by Crippen LogP contribution is -2.18. The van der Waals surface area contributed by atoms with Gasteiger partial charge in [0.1, 0.15) is 12.2 Å². The second kappa shape index (κ2) is 6.48. The second-order valence-electron chi connectivity index (χ2n) is 4.99. The standard InChI is InChI=1S/C15H22N4/c1-4-13-5-7-14(8-6-13)9-16-10-15-17-11-18-19(15)12(2)3/h5-8,11-12,16H,4,9-10H2,1-3H3. The topological polar surface area (TPSA) is 42.7 Å². The summed E-state index contributed by atoms with van der Waals surface area (Å²) >= 11 is 0. The zero-order chi connectivity index (χ0) is 13.7. The highest BCUT2D eigenvalue weighted by atomic mass is 15.3. The summed E-state index contributed by atoms with van der Waals surface area (Å²) in [5.41, 5.74) is 2.68. The van der Waals surface area contributed by atoms with Crippen LogP contribution < -0.4 is 5.32 Å². The van der Waals surface area contributed by atoms with Gasteiger partial charge in [-0.05, 0) is 31.4 Å². The number of aromatic nitrogens is 3. The third-order valence-electron chi connectivity index (χ3n) is 3.18. The van der Waals surface area contributed by atoms with E-state index in [0.717, 1.165) is 25.3 Å². The van der Waals surface area contributed by atoms with E-state index in [2.05, 4.69) is 60.4 Å². The Morgan fingerprint density at radius 2 is 1.79 bits per heavy atom. The first-order chi connectivity index (χ1) is 9.20. The molecule has 102 valence electrons. The molecule has 0 unspecified atom stereocenters. The molecule has 2 rings (SSSR count). The van der Waals surface area contributed by atoms with Gasteiger partial charge < -0.3 is 5.32 Å². The summed E-state index contributed by atoms with van der Waals surface area (Å²) in [5, 5.41) is 7.64. The van der Waals surface area contributed by atoms with Crippen molar-refractivity contribution < 1.29 is 0 Å². The highest BCUT2D eigenvalue weighted by Crippen LogP contribution is 2.07. The maximum atomic E-state index is 4.29. The Bertz CT molecular complexity index is 499. The fraction of sp³-hybridized carbons (Fsp3) is 0.467. The summed E-state index contributed by atoms with van der Waals surface area (Å²) in [5.74, 6) is 0.986. The van der Waals surface area contributed by atoms with Gasteiger partial charge >= 0.3 is 0 Å². The summed E-state index contributed by atoms with van der Waals surface area (Å²) in [6, 6.07) is 9.09. The lowest BCUT2D eigenvalue weighted by Gasteiger charge is -2.10. The molecule has 0 aliphatic carbocycles. The molecule has 0 radical (unpaired) electrons. The van der Waals surface area contributed by atoms with E-state index in [-0.39, 0.29) is 0 Å². The van der Waals surface area contributed by atoms with Gasteiger partial charge in [-0.2, -0.15) is 5.10 Å². The number of rotatable bonds is 6. The van der Waals surface area contributed by atoms with Gasteiger partial charge in [0.25, 0.3) is 0 Å². The molecule has 2 aromatic rings. The molecule has 0 atom stereocenters. The van der Waals surface area contributed by atoms with Crippen molar-refractivity contribution in [2.75, 3.05) is 0 Å². The van der Waals surface area contributed by atoms with Gasteiger partial charge in [-0.1, -0.05) is 31.2 Å². The van der Waals surface area contributed by atoms with Gasteiger partial charge in [0, 0.05) is 12.6 Å². The third-order valence-corrected chi connectivity index (χ3v) is 3.18. The Morgan fingerprint density at radius 3 is 2.42 bits per heavy atom. The maximum absolute atomic E-state index is 4.29. The van der Waals surface area contributed by atoms with Crippen molar-refractivity contribution in [2.24, 2.45) is 0 Å². The van der Waals surface area contributed by atoms with Crippen LogP contribution in [-0.4, -0.2) is 14.8 Å². The number of nitrogens with one attached hydrogen (secondary N) is 1. The molecule has 19 heavy (non-hydrogen) atoms. The first-order valence-corrected chi connectivity index (χ1v) is 6.87. The largest absolute Gasteiger partial charge is 0.306 e. The SMILES string of the molecule is CCc1ccc(CNCc2ncnn2C(C)C)cc1. The maximum Gasteiger partial charge on any atom is 0.141 e. The van der Waals surface area contributed by atoms with E-state index in [1.165, 1.54) is 11.1 Å². The average Bonchev–Trinajstić information content (AvgIpc) is 2.88.